The number of carbonyl (C=O) groups excluding carboxylic acids is 3. The van der Waals surface area contributed by atoms with Gasteiger partial charge < -0.3 is 38.6 Å². The number of nitrogens with one attached hydrogen (secondary N) is 1. The summed E-state index contributed by atoms with van der Waals surface area (Å²) in [6.45, 7) is 6.38. The number of aryl methyl sites for hydroxylation is 1. The summed E-state index contributed by atoms with van der Waals surface area (Å²) in [5, 5.41) is 13.1. The molecule has 3 amide bonds. The molecule has 2 N–H and O–H groups in total. The van der Waals surface area contributed by atoms with Gasteiger partial charge in [0.25, 0.3) is 0 Å². The zero-order valence-corrected chi connectivity index (χ0v) is 28.2. The zero-order valence-electron chi connectivity index (χ0n) is 28.2. The SMILES string of the molecule is CC(C)CC(=O)N/N=C1/CCCc2cc(OCC(OCC(OCCOCCOCCC(=O)O)N3CCCC3=O)N3CCCC3=O)ccc21. The van der Waals surface area contributed by atoms with E-state index < -0.39 is 18.4 Å². The average Bonchev–Trinajstić information content (AvgIpc) is 3.68. The maximum absolute atomic E-state index is 12.7. The standard InChI is InChI=1S/C34H50N4O10/c1-24(2)20-29(39)36-35-28-7-3-6-25-21-26(10-11-27(25)28)47-22-33(38-14-5-9-31(38)41)48-23-32(37-13-4-8-30(37)40)46-19-18-45-17-16-44-15-12-34(42)43/h10-11,21,24,32-33H,3-9,12-20,22-23H2,1-2H3,(H,36,39)(H,42,43)/b35-28-. The van der Waals surface area contributed by atoms with Crippen LogP contribution >= 0.6 is 0 Å². The van der Waals surface area contributed by atoms with Gasteiger partial charge in [0, 0.05) is 37.9 Å². The fourth-order valence-electron chi connectivity index (χ4n) is 5.88. The van der Waals surface area contributed by atoms with Crippen LogP contribution in [0.25, 0.3) is 0 Å². The van der Waals surface area contributed by atoms with Crippen molar-refractivity contribution in [2.24, 2.45) is 11.0 Å². The van der Waals surface area contributed by atoms with Crippen molar-refractivity contribution >= 4 is 29.4 Å². The number of carboxylic acids is 1. The summed E-state index contributed by atoms with van der Waals surface area (Å²) in [4.78, 5) is 51.4. The first kappa shape index (κ1) is 37.2. The van der Waals surface area contributed by atoms with Crippen LogP contribution in [0.4, 0.5) is 0 Å². The van der Waals surface area contributed by atoms with Gasteiger partial charge in [-0.2, -0.15) is 5.10 Å². The normalized spacial score (nSPS) is 18.4. The van der Waals surface area contributed by atoms with Crippen molar-refractivity contribution in [3.63, 3.8) is 0 Å². The number of likely N-dealkylation sites (tertiary alicyclic amines) is 2. The van der Waals surface area contributed by atoms with Crippen LogP contribution in [0.2, 0.25) is 0 Å². The summed E-state index contributed by atoms with van der Waals surface area (Å²) < 4.78 is 29.3. The van der Waals surface area contributed by atoms with Crippen LogP contribution < -0.4 is 10.2 Å². The second-order valence-electron chi connectivity index (χ2n) is 12.5. The van der Waals surface area contributed by atoms with Crippen LogP contribution in [-0.2, 0) is 44.5 Å². The maximum atomic E-state index is 12.7. The van der Waals surface area contributed by atoms with Gasteiger partial charge in [0.05, 0.1) is 51.8 Å². The third-order valence-electron chi connectivity index (χ3n) is 8.27. The molecule has 0 radical (unpaired) electrons. The molecule has 1 aromatic rings. The van der Waals surface area contributed by atoms with Gasteiger partial charge in [0.1, 0.15) is 12.4 Å². The minimum Gasteiger partial charge on any atom is -0.489 e. The van der Waals surface area contributed by atoms with Crippen LogP contribution in [0.1, 0.15) is 76.3 Å². The number of rotatable bonds is 21. The van der Waals surface area contributed by atoms with Gasteiger partial charge in [-0.1, -0.05) is 13.8 Å². The molecule has 14 heteroatoms. The molecule has 1 aliphatic carbocycles. The van der Waals surface area contributed by atoms with E-state index >= 15 is 0 Å². The number of hydrogen-bond donors (Lipinski definition) is 2. The number of aliphatic carboxylic acids is 1. The largest absolute Gasteiger partial charge is 0.489 e. The van der Waals surface area contributed by atoms with Crippen molar-refractivity contribution in [1.82, 2.24) is 15.2 Å². The van der Waals surface area contributed by atoms with E-state index in [2.05, 4.69) is 10.5 Å². The van der Waals surface area contributed by atoms with Crippen molar-refractivity contribution in [2.75, 3.05) is 59.3 Å². The van der Waals surface area contributed by atoms with Crippen molar-refractivity contribution in [2.45, 2.75) is 84.1 Å². The average molecular weight is 675 g/mol. The molecular formula is C34H50N4O10. The zero-order chi connectivity index (χ0) is 34.3. The minimum atomic E-state index is -0.916. The number of carboxylic acid groups (broad SMARTS) is 1. The van der Waals surface area contributed by atoms with Crippen LogP contribution in [0.5, 0.6) is 5.75 Å². The molecule has 4 rings (SSSR count). The van der Waals surface area contributed by atoms with Crippen molar-refractivity contribution in [1.29, 1.82) is 0 Å². The van der Waals surface area contributed by atoms with E-state index in [0.29, 0.717) is 38.1 Å². The highest BCUT2D eigenvalue weighted by atomic mass is 16.6. The van der Waals surface area contributed by atoms with Crippen molar-refractivity contribution in [3.05, 3.63) is 29.3 Å². The highest BCUT2D eigenvalue weighted by Crippen LogP contribution is 2.27. The van der Waals surface area contributed by atoms with Crippen molar-refractivity contribution in [3.8, 4) is 5.75 Å². The number of carbonyl (C=O) groups is 4. The van der Waals surface area contributed by atoms with E-state index in [0.717, 1.165) is 48.9 Å². The molecular weight excluding hydrogens is 624 g/mol. The lowest BCUT2D eigenvalue weighted by molar-refractivity contribution is -0.170. The Labute approximate surface area is 282 Å². The lowest BCUT2D eigenvalue weighted by atomic mass is 9.90. The Kier molecular flexibility index (Phi) is 15.1. The van der Waals surface area contributed by atoms with E-state index in [4.69, 9.17) is 28.8 Å². The maximum Gasteiger partial charge on any atom is 0.305 e. The highest BCUT2D eigenvalue weighted by Gasteiger charge is 2.33. The topological polar surface area (TPSA) is 166 Å². The molecule has 0 saturated carbocycles. The fraction of sp³-hybridized carbons (Fsp3) is 0.676. The van der Waals surface area contributed by atoms with Gasteiger partial charge in [-0.25, -0.2) is 5.43 Å². The fourth-order valence-corrected chi connectivity index (χ4v) is 5.88. The third-order valence-corrected chi connectivity index (χ3v) is 8.27. The van der Waals surface area contributed by atoms with Crippen LogP contribution in [-0.4, -0.2) is 116 Å². The molecule has 0 aromatic heterocycles. The molecule has 2 fully saturated rings. The summed E-state index contributed by atoms with van der Waals surface area (Å²) in [5.74, 6) is -0.143. The van der Waals surface area contributed by atoms with Gasteiger partial charge in [0.15, 0.2) is 12.5 Å². The van der Waals surface area contributed by atoms with E-state index in [-0.39, 0.29) is 76.3 Å². The van der Waals surface area contributed by atoms with Gasteiger partial charge in [-0.05, 0) is 61.8 Å². The Balaban J connectivity index is 1.33. The number of benzene rings is 1. The number of hydrogen-bond acceptors (Lipinski definition) is 10. The molecule has 266 valence electrons. The van der Waals surface area contributed by atoms with E-state index in [9.17, 15) is 19.2 Å². The molecule has 0 spiro atoms. The first-order valence-electron chi connectivity index (χ1n) is 17.0. The van der Waals surface area contributed by atoms with Gasteiger partial charge >= 0.3 is 5.97 Å². The molecule has 48 heavy (non-hydrogen) atoms. The molecule has 0 bridgehead atoms. The second kappa shape index (κ2) is 19.4. The Hall–Kier alpha value is -3.59. The third kappa shape index (κ3) is 11.8. The molecule has 3 aliphatic rings. The molecule has 14 nitrogen and oxygen atoms in total. The minimum absolute atomic E-state index is 0.0110. The first-order chi connectivity index (χ1) is 23.2. The summed E-state index contributed by atoms with van der Waals surface area (Å²) in [6, 6.07) is 5.81. The summed E-state index contributed by atoms with van der Waals surface area (Å²) in [7, 11) is 0. The predicted molar refractivity (Wildman–Crippen MR) is 174 cm³/mol. The number of fused-ring (bicyclic) bond motifs is 1. The smallest absolute Gasteiger partial charge is 0.305 e. The predicted octanol–water partition coefficient (Wildman–Crippen LogP) is 2.71. The van der Waals surface area contributed by atoms with E-state index in [1.165, 1.54) is 0 Å². The Morgan fingerprint density at radius 2 is 1.52 bits per heavy atom. The molecule has 1 aromatic carbocycles. The number of amides is 3. The molecule has 2 aliphatic heterocycles. The van der Waals surface area contributed by atoms with Crippen LogP contribution in [0.15, 0.2) is 23.3 Å². The van der Waals surface area contributed by atoms with Crippen molar-refractivity contribution < 1.29 is 48.0 Å². The number of nitrogens with zero attached hydrogens (tertiary/aromatic N) is 3. The first-order valence-corrected chi connectivity index (χ1v) is 17.0. The second-order valence-corrected chi connectivity index (χ2v) is 12.5. The van der Waals surface area contributed by atoms with Crippen LogP contribution in [0, 0.1) is 5.92 Å². The molecule has 2 saturated heterocycles. The quantitative estimate of drug-likeness (QED) is 0.146. The monoisotopic (exact) mass is 674 g/mol. The molecule has 2 atom stereocenters. The molecule has 2 unspecified atom stereocenters. The van der Waals surface area contributed by atoms with E-state index in [1.807, 2.05) is 32.0 Å². The van der Waals surface area contributed by atoms with Crippen LogP contribution in [0.3, 0.4) is 0 Å². The summed E-state index contributed by atoms with van der Waals surface area (Å²) >= 11 is 0. The highest BCUT2D eigenvalue weighted by molar-refractivity contribution is 6.03. The Morgan fingerprint density at radius 1 is 0.854 bits per heavy atom. The van der Waals surface area contributed by atoms with Gasteiger partial charge in [-0.3, -0.25) is 19.2 Å². The van der Waals surface area contributed by atoms with Gasteiger partial charge in [0.2, 0.25) is 17.7 Å². The summed E-state index contributed by atoms with van der Waals surface area (Å²) in [5.41, 5.74) is 5.62. The number of hydrazone groups is 1. The van der Waals surface area contributed by atoms with Gasteiger partial charge in [-0.15, -0.1) is 0 Å². The Bertz CT molecular complexity index is 1270. The number of ether oxygens (including phenoxy) is 5. The lowest BCUT2D eigenvalue weighted by Gasteiger charge is -2.32. The van der Waals surface area contributed by atoms with E-state index in [1.54, 1.807) is 9.80 Å². The molecule has 2 heterocycles. The lowest BCUT2D eigenvalue weighted by Crippen LogP contribution is -2.47. The Morgan fingerprint density at radius 3 is 2.17 bits per heavy atom. The summed E-state index contributed by atoms with van der Waals surface area (Å²) in [6.07, 6.45) is 3.92.